The average molecular weight is 538 g/mol. The fourth-order valence-corrected chi connectivity index (χ4v) is 5.91. The Bertz CT molecular complexity index is 1160. The SMILES string of the molecule is N=C/C(=C\NCCOC1CCCCO1)c1ccc(-c2cncc(Cl)c2N2CCC3(CCNC3=O)CC2)cc1. The predicted molar refractivity (Wildman–Crippen MR) is 150 cm³/mol. The van der Waals surface area contributed by atoms with Crippen LogP contribution in [0.4, 0.5) is 5.69 Å². The number of halogens is 1. The van der Waals surface area contributed by atoms with Crippen LogP contribution in [-0.4, -0.2) is 62.8 Å². The summed E-state index contributed by atoms with van der Waals surface area (Å²) in [6, 6.07) is 8.11. The van der Waals surface area contributed by atoms with Gasteiger partial charge in [-0.3, -0.25) is 9.78 Å². The molecule has 1 aromatic carbocycles. The topological polar surface area (TPSA) is 99.6 Å². The van der Waals surface area contributed by atoms with E-state index in [2.05, 4.69) is 20.5 Å². The van der Waals surface area contributed by atoms with Crippen molar-refractivity contribution in [1.29, 1.82) is 5.41 Å². The van der Waals surface area contributed by atoms with E-state index in [4.69, 9.17) is 26.5 Å². The first kappa shape index (κ1) is 26.7. The molecule has 1 spiro atoms. The fraction of sp³-hybridized carbons (Fsp3) is 0.483. The van der Waals surface area contributed by atoms with Crippen molar-refractivity contribution in [3.05, 3.63) is 53.4 Å². The van der Waals surface area contributed by atoms with Gasteiger partial charge in [0.1, 0.15) is 0 Å². The molecule has 0 radical (unpaired) electrons. The van der Waals surface area contributed by atoms with Crippen molar-refractivity contribution < 1.29 is 14.3 Å². The summed E-state index contributed by atoms with van der Waals surface area (Å²) in [4.78, 5) is 19.1. The normalized spacial score (nSPS) is 21.4. The maximum atomic E-state index is 12.4. The molecule has 0 aliphatic carbocycles. The van der Waals surface area contributed by atoms with Crippen molar-refractivity contribution in [3.63, 3.8) is 0 Å². The molecule has 0 saturated carbocycles. The number of ether oxygens (including phenoxy) is 2. The molecule has 5 rings (SSSR count). The first-order valence-electron chi connectivity index (χ1n) is 13.5. The van der Waals surface area contributed by atoms with Gasteiger partial charge in [-0.2, -0.15) is 0 Å². The lowest BCUT2D eigenvalue weighted by Gasteiger charge is -2.39. The molecule has 1 aromatic heterocycles. The van der Waals surface area contributed by atoms with Gasteiger partial charge in [-0.05, 0) is 49.7 Å². The van der Waals surface area contributed by atoms with Gasteiger partial charge in [0.05, 0.1) is 22.7 Å². The number of nitrogens with zero attached hydrogens (tertiary/aromatic N) is 2. The van der Waals surface area contributed by atoms with Crippen LogP contribution < -0.4 is 15.5 Å². The van der Waals surface area contributed by atoms with Crippen molar-refractivity contribution in [2.75, 3.05) is 44.3 Å². The highest BCUT2D eigenvalue weighted by Crippen LogP contribution is 2.43. The molecule has 3 aliphatic rings. The molecule has 1 amide bonds. The number of rotatable bonds is 9. The zero-order valence-electron chi connectivity index (χ0n) is 21.7. The van der Waals surface area contributed by atoms with Crippen LogP contribution in [0.2, 0.25) is 5.02 Å². The number of piperidine rings is 1. The molecule has 3 aliphatic heterocycles. The molecule has 4 heterocycles. The quantitative estimate of drug-likeness (QED) is 0.318. The summed E-state index contributed by atoms with van der Waals surface area (Å²) in [5, 5.41) is 14.8. The van der Waals surface area contributed by atoms with E-state index in [1.807, 2.05) is 36.7 Å². The highest BCUT2D eigenvalue weighted by molar-refractivity contribution is 6.33. The van der Waals surface area contributed by atoms with Gasteiger partial charge in [0, 0.05) is 68.7 Å². The second kappa shape index (κ2) is 12.3. The average Bonchev–Trinajstić information content (AvgIpc) is 3.31. The smallest absolute Gasteiger partial charge is 0.226 e. The van der Waals surface area contributed by atoms with Crippen molar-refractivity contribution in [2.45, 2.75) is 44.8 Å². The highest BCUT2D eigenvalue weighted by Gasteiger charge is 2.44. The minimum Gasteiger partial charge on any atom is -0.388 e. The number of hydrogen-bond acceptors (Lipinski definition) is 7. The van der Waals surface area contributed by atoms with Crippen molar-refractivity contribution >= 4 is 35.0 Å². The Labute approximate surface area is 229 Å². The third-order valence-corrected chi connectivity index (χ3v) is 8.19. The molecule has 1 unspecified atom stereocenters. The molecule has 3 saturated heterocycles. The third kappa shape index (κ3) is 5.87. The molecule has 3 fully saturated rings. The Morgan fingerprint density at radius 1 is 1.24 bits per heavy atom. The van der Waals surface area contributed by atoms with E-state index in [1.54, 1.807) is 6.20 Å². The van der Waals surface area contributed by atoms with Crippen LogP contribution in [-0.2, 0) is 14.3 Å². The Hall–Kier alpha value is -2.94. The van der Waals surface area contributed by atoms with Gasteiger partial charge in [-0.25, -0.2) is 0 Å². The molecule has 1 atom stereocenters. The van der Waals surface area contributed by atoms with Gasteiger partial charge in [0.15, 0.2) is 6.29 Å². The third-order valence-electron chi connectivity index (χ3n) is 7.91. The second-order valence-electron chi connectivity index (χ2n) is 10.2. The van der Waals surface area contributed by atoms with Crippen LogP contribution in [0.3, 0.4) is 0 Å². The summed E-state index contributed by atoms with van der Waals surface area (Å²) in [5.74, 6) is 0.198. The summed E-state index contributed by atoms with van der Waals surface area (Å²) >= 11 is 6.68. The number of pyridine rings is 1. The lowest BCUT2D eigenvalue weighted by Crippen LogP contribution is -2.44. The fourth-order valence-electron chi connectivity index (χ4n) is 5.64. The van der Waals surface area contributed by atoms with Gasteiger partial charge in [-0.1, -0.05) is 35.9 Å². The van der Waals surface area contributed by atoms with Crippen molar-refractivity contribution in [2.24, 2.45) is 5.41 Å². The Morgan fingerprint density at radius 3 is 2.74 bits per heavy atom. The summed E-state index contributed by atoms with van der Waals surface area (Å²) < 4.78 is 11.4. The molecule has 38 heavy (non-hydrogen) atoms. The lowest BCUT2D eigenvalue weighted by molar-refractivity contribution is -0.161. The number of amides is 1. The number of anilines is 1. The van der Waals surface area contributed by atoms with E-state index >= 15 is 0 Å². The van der Waals surface area contributed by atoms with Gasteiger partial charge >= 0.3 is 0 Å². The maximum Gasteiger partial charge on any atom is 0.226 e. The van der Waals surface area contributed by atoms with E-state index < -0.39 is 0 Å². The Kier molecular flexibility index (Phi) is 8.61. The maximum absolute atomic E-state index is 12.4. The van der Waals surface area contributed by atoms with Crippen molar-refractivity contribution in [3.8, 4) is 11.1 Å². The number of allylic oxidation sites excluding steroid dienone is 1. The second-order valence-corrected chi connectivity index (χ2v) is 10.6. The zero-order valence-corrected chi connectivity index (χ0v) is 22.4. The van der Waals surface area contributed by atoms with Gasteiger partial charge < -0.3 is 30.4 Å². The Morgan fingerprint density at radius 2 is 2.05 bits per heavy atom. The lowest BCUT2D eigenvalue weighted by atomic mass is 9.77. The number of aromatic nitrogens is 1. The molecule has 9 heteroatoms. The van der Waals surface area contributed by atoms with E-state index in [1.165, 1.54) is 6.21 Å². The molecule has 8 nitrogen and oxygen atoms in total. The molecular formula is C29H36ClN5O3. The number of carbonyl (C=O) groups excluding carboxylic acids is 1. The molecule has 0 bridgehead atoms. The first-order chi connectivity index (χ1) is 18.6. The summed E-state index contributed by atoms with van der Waals surface area (Å²) in [7, 11) is 0. The highest BCUT2D eigenvalue weighted by atomic mass is 35.5. The van der Waals surface area contributed by atoms with E-state index in [0.717, 1.165) is 92.7 Å². The van der Waals surface area contributed by atoms with Gasteiger partial charge in [-0.15, -0.1) is 0 Å². The number of carbonyl (C=O) groups is 1. The van der Waals surface area contributed by atoms with Gasteiger partial charge in [0.25, 0.3) is 0 Å². The minimum atomic E-state index is -0.225. The van der Waals surface area contributed by atoms with Crippen LogP contribution in [0.1, 0.15) is 44.1 Å². The number of nitrogens with one attached hydrogen (secondary N) is 3. The predicted octanol–water partition coefficient (Wildman–Crippen LogP) is 4.63. The molecule has 202 valence electrons. The van der Waals surface area contributed by atoms with Crippen LogP contribution in [0.5, 0.6) is 0 Å². The molecule has 2 aromatic rings. The summed E-state index contributed by atoms with van der Waals surface area (Å²) in [6.07, 6.45) is 12.4. The summed E-state index contributed by atoms with van der Waals surface area (Å²) in [5.41, 5.74) is 4.45. The van der Waals surface area contributed by atoms with E-state index in [-0.39, 0.29) is 17.6 Å². The number of benzene rings is 1. The number of hydrogen-bond donors (Lipinski definition) is 3. The molecule has 3 N–H and O–H groups in total. The minimum absolute atomic E-state index is 0.0941. The monoisotopic (exact) mass is 537 g/mol. The standard InChI is InChI=1S/C29H36ClN5O3/c30-25-20-33-19-24(27(25)35-13-9-29(10-14-35)8-11-34-28(29)36)22-6-4-21(5-7-22)23(17-31)18-32-12-16-38-26-3-1-2-15-37-26/h4-7,17-20,26,31-32H,1-3,8-16H2,(H,34,36)/b23-18+,31-17?. The van der Waals surface area contributed by atoms with Crippen LogP contribution in [0.15, 0.2) is 42.9 Å². The van der Waals surface area contributed by atoms with E-state index in [0.29, 0.717) is 18.2 Å². The Balaban J connectivity index is 1.24. The largest absolute Gasteiger partial charge is 0.388 e. The van der Waals surface area contributed by atoms with E-state index in [9.17, 15) is 4.79 Å². The van der Waals surface area contributed by atoms with Crippen molar-refractivity contribution in [1.82, 2.24) is 15.6 Å². The van der Waals surface area contributed by atoms with Crippen LogP contribution in [0.25, 0.3) is 16.7 Å². The van der Waals surface area contributed by atoms with Gasteiger partial charge in [0.2, 0.25) is 5.91 Å². The van der Waals surface area contributed by atoms with Crippen LogP contribution >= 0.6 is 11.6 Å². The van der Waals surface area contributed by atoms with Crippen LogP contribution in [0, 0.1) is 10.8 Å². The zero-order chi connectivity index (χ0) is 26.4. The summed E-state index contributed by atoms with van der Waals surface area (Å²) in [6.45, 7) is 4.31. The molecular weight excluding hydrogens is 502 g/mol. The first-order valence-corrected chi connectivity index (χ1v) is 13.9.